The molecule has 0 fully saturated rings. The molecule has 462 valence electrons. The summed E-state index contributed by atoms with van der Waals surface area (Å²) in [5.41, 5.74) is 7.84. The van der Waals surface area contributed by atoms with Gasteiger partial charge in [-0.05, 0) is 146 Å². The summed E-state index contributed by atoms with van der Waals surface area (Å²) in [4.78, 5) is 50.4. The molecule has 0 N–H and O–H groups in total. The van der Waals surface area contributed by atoms with E-state index in [1.165, 1.54) is 0 Å². The van der Waals surface area contributed by atoms with Gasteiger partial charge in [-0.2, -0.15) is 10.5 Å². The minimum Gasteiger partial charge on any atom is -0.494 e. The number of esters is 4. The molecule has 0 aromatic heterocycles. The maximum atomic E-state index is 12.9. The van der Waals surface area contributed by atoms with Crippen LogP contribution in [0.2, 0.25) is 0 Å². The molecule has 0 heterocycles. The average Bonchev–Trinajstić information content (AvgIpc) is 3.74. The molecule has 88 heavy (non-hydrogen) atoms. The number of nitriles is 2. The van der Waals surface area contributed by atoms with Crippen LogP contribution >= 0.6 is 0 Å². The van der Waals surface area contributed by atoms with Gasteiger partial charge in [-0.15, -0.1) is 0 Å². The van der Waals surface area contributed by atoms with Gasteiger partial charge < -0.3 is 37.9 Å². The molecule has 0 spiro atoms. The molecular weight excluding hydrogens is 1110 g/mol. The second-order valence-electron chi connectivity index (χ2n) is 21.9. The molecule has 2 atom stereocenters. The monoisotopic (exact) mass is 1190 g/mol. The van der Waals surface area contributed by atoms with Crippen LogP contribution in [0.1, 0.15) is 141 Å². The first-order chi connectivity index (χ1) is 42.8. The zero-order valence-corrected chi connectivity index (χ0v) is 51.2. The Morgan fingerprint density at radius 1 is 0.352 bits per heavy atom. The van der Waals surface area contributed by atoms with Crippen LogP contribution in [0.5, 0.6) is 23.0 Å². The van der Waals surface area contributed by atoms with Crippen molar-refractivity contribution in [3.8, 4) is 68.5 Å². The molecule has 6 aromatic rings. The van der Waals surface area contributed by atoms with Gasteiger partial charge in [0.1, 0.15) is 49.4 Å². The third-order valence-corrected chi connectivity index (χ3v) is 14.5. The van der Waals surface area contributed by atoms with Gasteiger partial charge in [0.15, 0.2) is 12.2 Å². The summed E-state index contributed by atoms with van der Waals surface area (Å²) in [5, 5.41) is 18.1. The summed E-state index contributed by atoms with van der Waals surface area (Å²) in [5.74, 6) is 0.841. The lowest BCUT2D eigenvalue weighted by atomic mass is 10.0. The number of ether oxygens (including phenoxy) is 8. The fourth-order valence-corrected chi connectivity index (χ4v) is 9.38. The number of nitrogens with zero attached hydrogens (tertiary/aromatic N) is 2. The van der Waals surface area contributed by atoms with E-state index >= 15 is 0 Å². The maximum Gasteiger partial charge on any atom is 0.333 e. The SMILES string of the molecule is C=C(C)C(=O)OCC(COc1ccc(-c2ccc(OCC(COC(=O)C(=C)C)OC(=O)CCCCCCCCCCOc3ccc(-c4ccc(C#N)cc4)cc3)cc2)cc1)OC(=O)CCCCCCCCCCOc1ccc(-c2ccc(C#N)cc2)cc1. The van der Waals surface area contributed by atoms with Gasteiger partial charge in [0.2, 0.25) is 0 Å². The van der Waals surface area contributed by atoms with Crippen LogP contribution in [0.3, 0.4) is 0 Å². The van der Waals surface area contributed by atoms with Crippen LogP contribution in [-0.2, 0) is 38.1 Å². The van der Waals surface area contributed by atoms with Crippen molar-refractivity contribution >= 4 is 23.9 Å². The van der Waals surface area contributed by atoms with Crippen molar-refractivity contribution in [1.29, 1.82) is 10.5 Å². The van der Waals surface area contributed by atoms with Crippen molar-refractivity contribution in [3.63, 3.8) is 0 Å². The highest BCUT2D eigenvalue weighted by molar-refractivity contribution is 5.87. The van der Waals surface area contributed by atoms with E-state index in [0.29, 0.717) is 48.7 Å². The molecular formula is C74H84N2O12. The summed E-state index contributed by atoms with van der Waals surface area (Å²) in [7, 11) is 0. The number of hydrogen-bond donors (Lipinski definition) is 0. The lowest BCUT2D eigenvalue weighted by Crippen LogP contribution is -2.31. The molecule has 0 saturated carbocycles. The van der Waals surface area contributed by atoms with Gasteiger partial charge in [-0.3, -0.25) is 9.59 Å². The number of carbonyl (C=O) groups excluding carboxylic acids is 4. The molecule has 2 unspecified atom stereocenters. The molecule has 0 bridgehead atoms. The Morgan fingerprint density at radius 3 is 0.875 bits per heavy atom. The summed E-state index contributed by atoms with van der Waals surface area (Å²) >= 11 is 0. The first-order valence-electron chi connectivity index (χ1n) is 30.8. The minimum absolute atomic E-state index is 0.0257. The predicted octanol–water partition coefficient (Wildman–Crippen LogP) is 16.4. The number of benzene rings is 6. The number of hydrogen-bond acceptors (Lipinski definition) is 14. The third-order valence-electron chi connectivity index (χ3n) is 14.5. The van der Waals surface area contributed by atoms with Crippen LogP contribution in [-0.4, -0.2) is 75.7 Å². The van der Waals surface area contributed by atoms with E-state index in [1.807, 2.05) is 146 Å². The Kier molecular flexibility index (Phi) is 30.0. The first kappa shape index (κ1) is 68.0. The Morgan fingerprint density at radius 2 is 0.602 bits per heavy atom. The molecule has 0 radical (unpaired) electrons. The fraction of sp³-hybridized carbons (Fsp3) is 0.378. The van der Waals surface area contributed by atoms with E-state index in [-0.39, 0.29) is 62.4 Å². The van der Waals surface area contributed by atoms with Crippen molar-refractivity contribution in [2.45, 2.75) is 142 Å². The zero-order valence-electron chi connectivity index (χ0n) is 51.2. The van der Waals surface area contributed by atoms with E-state index < -0.39 is 24.1 Å². The van der Waals surface area contributed by atoms with Gasteiger partial charge in [-0.1, -0.05) is 163 Å². The zero-order chi connectivity index (χ0) is 62.6. The highest BCUT2D eigenvalue weighted by Crippen LogP contribution is 2.28. The second-order valence-corrected chi connectivity index (χ2v) is 21.9. The van der Waals surface area contributed by atoms with Gasteiger partial charge in [0.25, 0.3) is 0 Å². The quantitative estimate of drug-likeness (QED) is 0.0152. The highest BCUT2D eigenvalue weighted by atomic mass is 16.6. The fourth-order valence-electron chi connectivity index (χ4n) is 9.38. The van der Waals surface area contributed by atoms with E-state index in [1.54, 1.807) is 13.8 Å². The third kappa shape index (κ3) is 25.8. The Bertz CT molecular complexity index is 2960. The minimum atomic E-state index is -0.822. The van der Waals surface area contributed by atoms with Gasteiger partial charge in [0, 0.05) is 24.0 Å². The maximum absolute atomic E-state index is 12.9. The average molecular weight is 1190 g/mol. The lowest BCUT2D eigenvalue weighted by Gasteiger charge is -2.19. The van der Waals surface area contributed by atoms with Crippen molar-refractivity contribution in [3.05, 3.63) is 181 Å². The summed E-state index contributed by atoms with van der Waals surface area (Å²) in [6.07, 6.45) is 14.9. The van der Waals surface area contributed by atoms with E-state index in [0.717, 1.165) is 135 Å². The Balaban J connectivity index is 0.821. The van der Waals surface area contributed by atoms with E-state index in [9.17, 15) is 19.2 Å². The molecule has 6 rings (SSSR count). The Labute approximate surface area is 520 Å². The highest BCUT2D eigenvalue weighted by Gasteiger charge is 2.21. The molecule has 0 aliphatic heterocycles. The largest absolute Gasteiger partial charge is 0.494 e. The van der Waals surface area contributed by atoms with Crippen molar-refractivity contribution in [1.82, 2.24) is 0 Å². The topological polar surface area (TPSA) is 190 Å². The number of carbonyl (C=O) groups is 4. The van der Waals surface area contributed by atoms with Crippen molar-refractivity contribution < 1.29 is 57.1 Å². The van der Waals surface area contributed by atoms with Crippen LogP contribution in [0.4, 0.5) is 0 Å². The van der Waals surface area contributed by atoms with Gasteiger partial charge in [-0.25, -0.2) is 9.59 Å². The van der Waals surface area contributed by atoms with Crippen LogP contribution in [0.15, 0.2) is 170 Å². The Hall–Kier alpha value is -9.14. The predicted molar refractivity (Wildman–Crippen MR) is 341 cm³/mol. The molecule has 14 heteroatoms. The molecule has 0 aliphatic carbocycles. The van der Waals surface area contributed by atoms with Crippen molar-refractivity contribution in [2.24, 2.45) is 0 Å². The normalized spacial score (nSPS) is 11.4. The van der Waals surface area contributed by atoms with Crippen LogP contribution in [0, 0.1) is 22.7 Å². The lowest BCUT2D eigenvalue weighted by molar-refractivity contribution is -0.159. The van der Waals surface area contributed by atoms with Gasteiger partial charge >= 0.3 is 23.9 Å². The molecule has 0 amide bonds. The van der Waals surface area contributed by atoms with E-state index in [4.69, 9.17) is 48.4 Å². The first-order valence-corrected chi connectivity index (χ1v) is 30.8. The number of unbranched alkanes of at least 4 members (excludes halogenated alkanes) is 14. The van der Waals surface area contributed by atoms with Crippen LogP contribution < -0.4 is 18.9 Å². The second kappa shape index (κ2) is 38.8. The standard InChI is InChI=1S/C74H84N2O12/c1-55(2)73(79)85-53-69(87-71(77)21-17-13-9-5-7-11-15-19-47-81-65-39-31-61(32-40-65)59-27-23-57(49-75)24-28-59)51-83-67-43-35-63(36-44-67)64-37-45-68(46-38-64)84-52-70(54-86-74(80)56(3)4)88-72(78)22-18-14-10-6-8-12-16-20-48-82-66-41-33-62(34-42-66)60-29-25-58(50-76)26-30-60/h23-46,69-70H,1,3,5-22,47-48,51-54H2,2,4H3. The molecule has 0 aliphatic rings. The molecule has 0 saturated heterocycles. The smallest absolute Gasteiger partial charge is 0.333 e. The van der Waals surface area contributed by atoms with Crippen molar-refractivity contribution in [2.75, 3.05) is 39.6 Å². The number of rotatable bonds is 41. The van der Waals surface area contributed by atoms with E-state index in [2.05, 4.69) is 25.3 Å². The van der Waals surface area contributed by atoms with Crippen LogP contribution in [0.25, 0.3) is 33.4 Å². The summed E-state index contributed by atoms with van der Waals surface area (Å²) in [6, 6.07) is 50.2. The summed E-state index contributed by atoms with van der Waals surface area (Å²) < 4.78 is 46.2. The van der Waals surface area contributed by atoms with Gasteiger partial charge in [0.05, 0.1) is 36.5 Å². The molecule has 14 nitrogen and oxygen atoms in total. The molecule has 6 aromatic carbocycles. The summed E-state index contributed by atoms with van der Waals surface area (Å²) in [6.45, 7) is 11.3.